The monoisotopic (exact) mass is 371 g/mol. The highest BCUT2D eigenvalue weighted by Gasteiger charge is 2.09. The van der Waals surface area contributed by atoms with Crippen molar-refractivity contribution in [2.75, 3.05) is 0 Å². The van der Waals surface area contributed by atoms with E-state index in [-0.39, 0.29) is 18.4 Å². The Hall–Kier alpha value is -2.60. The molecule has 6 heteroatoms. The van der Waals surface area contributed by atoms with Gasteiger partial charge < -0.3 is 4.57 Å². The number of nitrogens with one attached hydrogen (secondary N) is 2. The van der Waals surface area contributed by atoms with E-state index in [9.17, 15) is 9.59 Å². The first-order valence-corrected chi connectivity index (χ1v) is 7.81. The van der Waals surface area contributed by atoms with Crippen LogP contribution in [-0.2, 0) is 11.3 Å². The van der Waals surface area contributed by atoms with E-state index in [2.05, 4.69) is 26.8 Å². The van der Waals surface area contributed by atoms with Crippen molar-refractivity contribution in [3.63, 3.8) is 0 Å². The van der Waals surface area contributed by atoms with Crippen LogP contribution in [0.1, 0.15) is 10.4 Å². The summed E-state index contributed by atoms with van der Waals surface area (Å²) in [6.07, 6.45) is 1.85. The van der Waals surface area contributed by atoms with E-state index >= 15 is 0 Å². The van der Waals surface area contributed by atoms with E-state index in [4.69, 9.17) is 0 Å². The minimum absolute atomic E-state index is 0.133. The molecule has 116 valence electrons. The Morgan fingerprint density at radius 2 is 1.70 bits per heavy atom. The standard InChI is InChI=1S/C17H14BrN3O2/c18-14-7-5-13(6-8-14)17(23)20-19-16(22)11-21-10-9-12-3-1-2-4-15(12)21/h1-10H,11H2,(H,19,22)(H,20,23). The number of halogens is 1. The highest BCUT2D eigenvalue weighted by molar-refractivity contribution is 9.10. The fraction of sp³-hybridized carbons (Fsp3) is 0.0588. The lowest BCUT2D eigenvalue weighted by molar-refractivity contribution is -0.122. The van der Waals surface area contributed by atoms with Gasteiger partial charge >= 0.3 is 0 Å². The maximum Gasteiger partial charge on any atom is 0.269 e. The van der Waals surface area contributed by atoms with Gasteiger partial charge in [-0.25, -0.2) is 0 Å². The summed E-state index contributed by atoms with van der Waals surface area (Å²) in [7, 11) is 0. The van der Waals surface area contributed by atoms with Crippen molar-refractivity contribution in [1.82, 2.24) is 15.4 Å². The van der Waals surface area contributed by atoms with Gasteiger partial charge in [0.05, 0.1) is 0 Å². The molecule has 2 amide bonds. The van der Waals surface area contributed by atoms with E-state index in [1.807, 2.05) is 41.1 Å². The summed E-state index contributed by atoms with van der Waals surface area (Å²) in [5.74, 6) is -0.653. The maximum absolute atomic E-state index is 12.0. The number of nitrogens with zero attached hydrogens (tertiary/aromatic N) is 1. The second-order valence-electron chi connectivity index (χ2n) is 5.01. The molecular weight excluding hydrogens is 358 g/mol. The van der Waals surface area contributed by atoms with Gasteiger partial charge in [-0.15, -0.1) is 0 Å². The molecule has 3 rings (SSSR count). The van der Waals surface area contributed by atoms with Crippen LogP contribution < -0.4 is 10.9 Å². The van der Waals surface area contributed by atoms with Gasteiger partial charge in [0.15, 0.2) is 0 Å². The molecule has 0 aliphatic carbocycles. The van der Waals surface area contributed by atoms with Crippen LogP contribution in [0.15, 0.2) is 65.3 Å². The summed E-state index contributed by atoms with van der Waals surface area (Å²) < 4.78 is 2.72. The normalized spacial score (nSPS) is 10.5. The smallest absolute Gasteiger partial charge is 0.269 e. The molecule has 0 spiro atoms. The lowest BCUT2D eigenvalue weighted by Crippen LogP contribution is -2.43. The Balaban J connectivity index is 1.59. The third-order valence-corrected chi connectivity index (χ3v) is 3.94. The van der Waals surface area contributed by atoms with Crippen molar-refractivity contribution < 1.29 is 9.59 Å². The van der Waals surface area contributed by atoms with Crippen molar-refractivity contribution in [2.24, 2.45) is 0 Å². The van der Waals surface area contributed by atoms with Crippen molar-refractivity contribution in [3.05, 3.63) is 70.8 Å². The van der Waals surface area contributed by atoms with E-state index < -0.39 is 0 Å². The Morgan fingerprint density at radius 1 is 0.957 bits per heavy atom. The number of amides is 2. The number of hydrogen-bond acceptors (Lipinski definition) is 2. The number of aromatic nitrogens is 1. The maximum atomic E-state index is 12.0. The zero-order valence-electron chi connectivity index (χ0n) is 12.1. The van der Waals surface area contributed by atoms with E-state index in [0.29, 0.717) is 5.56 Å². The molecule has 0 atom stereocenters. The molecule has 2 aromatic carbocycles. The molecule has 0 saturated heterocycles. The molecule has 1 heterocycles. The van der Waals surface area contributed by atoms with Gasteiger partial charge in [-0.3, -0.25) is 20.4 Å². The molecule has 0 aliphatic rings. The predicted molar refractivity (Wildman–Crippen MR) is 91.7 cm³/mol. The molecule has 23 heavy (non-hydrogen) atoms. The third-order valence-electron chi connectivity index (χ3n) is 3.42. The number of para-hydroxylation sites is 1. The second kappa shape index (κ2) is 6.66. The number of hydrogen-bond donors (Lipinski definition) is 2. The average Bonchev–Trinajstić information content (AvgIpc) is 2.96. The summed E-state index contributed by atoms with van der Waals surface area (Å²) >= 11 is 3.31. The average molecular weight is 372 g/mol. The van der Waals surface area contributed by atoms with Crippen LogP contribution in [0.3, 0.4) is 0 Å². The summed E-state index contributed by atoms with van der Waals surface area (Å²) in [4.78, 5) is 23.9. The Bertz CT molecular complexity index is 856. The lowest BCUT2D eigenvalue weighted by atomic mass is 10.2. The third kappa shape index (κ3) is 3.60. The zero-order chi connectivity index (χ0) is 16.2. The molecule has 0 aliphatic heterocycles. The van der Waals surface area contributed by atoms with Gasteiger partial charge in [0.25, 0.3) is 11.8 Å². The van der Waals surface area contributed by atoms with Crippen LogP contribution in [0, 0.1) is 0 Å². The fourth-order valence-corrected chi connectivity index (χ4v) is 2.54. The van der Waals surface area contributed by atoms with Crippen molar-refractivity contribution in [3.8, 4) is 0 Å². The molecule has 1 aromatic heterocycles. The minimum Gasteiger partial charge on any atom is -0.338 e. The first-order valence-electron chi connectivity index (χ1n) is 7.02. The van der Waals surface area contributed by atoms with Crippen molar-refractivity contribution >= 4 is 38.6 Å². The number of carbonyl (C=O) groups is 2. The SMILES string of the molecule is O=C(Cn1ccc2ccccc21)NNC(=O)c1ccc(Br)cc1. The first-order chi connectivity index (χ1) is 11.1. The highest BCUT2D eigenvalue weighted by atomic mass is 79.9. The van der Waals surface area contributed by atoms with E-state index in [1.54, 1.807) is 24.3 Å². The summed E-state index contributed by atoms with van der Waals surface area (Å²) in [5, 5.41) is 1.07. The van der Waals surface area contributed by atoms with Gasteiger partial charge in [-0.2, -0.15) is 0 Å². The number of rotatable bonds is 3. The number of fused-ring (bicyclic) bond motifs is 1. The molecular formula is C17H14BrN3O2. The lowest BCUT2D eigenvalue weighted by Gasteiger charge is -2.09. The highest BCUT2D eigenvalue weighted by Crippen LogP contribution is 2.14. The summed E-state index contributed by atoms with van der Waals surface area (Å²) in [5.41, 5.74) is 6.29. The van der Waals surface area contributed by atoms with Crippen LogP contribution in [0.25, 0.3) is 10.9 Å². The molecule has 0 unspecified atom stereocenters. The molecule has 5 nitrogen and oxygen atoms in total. The van der Waals surface area contributed by atoms with Crippen molar-refractivity contribution in [2.45, 2.75) is 6.54 Å². The molecule has 0 saturated carbocycles. The van der Waals surface area contributed by atoms with Gasteiger partial charge in [-0.05, 0) is 41.8 Å². The van der Waals surface area contributed by atoms with Crippen molar-refractivity contribution in [1.29, 1.82) is 0 Å². The number of hydrazine groups is 1. The Morgan fingerprint density at radius 3 is 2.48 bits per heavy atom. The van der Waals surface area contributed by atoms with Crippen LogP contribution in [0.2, 0.25) is 0 Å². The largest absolute Gasteiger partial charge is 0.338 e. The van der Waals surface area contributed by atoms with E-state index in [1.165, 1.54) is 0 Å². The number of benzene rings is 2. The summed E-state index contributed by atoms with van der Waals surface area (Å²) in [6.45, 7) is 0.133. The van der Waals surface area contributed by atoms with Crippen LogP contribution in [0.5, 0.6) is 0 Å². The quantitative estimate of drug-likeness (QED) is 0.695. The minimum atomic E-state index is -0.358. The van der Waals surface area contributed by atoms with Gasteiger partial charge in [0.2, 0.25) is 0 Å². The Kier molecular flexibility index (Phi) is 4.43. The molecule has 0 fully saturated rings. The fourth-order valence-electron chi connectivity index (χ4n) is 2.27. The number of carbonyl (C=O) groups excluding carboxylic acids is 2. The molecule has 2 N–H and O–H groups in total. The zero-order valence-corrected chi connectivity index (χ0v) is 13.7. The molecule has 3 aromatic rings. The predicted octanol–water partition coefficient (Wildman–Crippen LogP) is 2.87. The second-order valence-corrected chi connectivity index (χ2v) is 5.93. The first kappa shape index (κ1) is 15.3. The topological polar surface area (TPSA) is 63.1 Å². The van der Waals surface area contributed by atoms with Gasteiger partial charge in [-0.1, -0.05) is 34.1 Å². The van der Waals surface area contributed by atoms with Crippen LogP contribution in [-0.4, -0.2) is 16.4 Å². The Labute approximate surface area is 141 Å². The molecule has 0 bridgehead atoms. The van der Waals surface area contributed by atoms with Crippen LogP contribution >= 0.6 is 15.9 Å². The summed E-state index contributed by atoms with van der Waals surface area (Å²) in [6, 6.07) is 16.6. The van der Waals surface area contributed by atoms with Gasteiger partial charge in [0, 0.05) is 21.7 Å². The van der Waals surface area contributed by atoms with Crippen LogP contribution in [0.4, 0.5) is 0 Å². The van der Waals surface area contributed by atoms with E-state index in [0.717, 1.165) is 15.4 Å². The van der Waals surface area contributed by atoms with Gasteiger partial charge in [0.1, 0.15) is 6.54 Å². The molecule has 0 radical (unpaired) electrons.